The SMILES string of the molecule is O=C(O)C1CC1C(=O)NCC(c1ccco1)N1CCCC1. The quantitative estimate of drug-likeness (QED) is 0.824. The Kier molecular flexibility index (Phi) is 3.96. The first-order valence-corrected chi connectivity index (χ1v) is 7.45. The number of nitrogens with one attached hydrogen (secondary N) is 1. The van der Waals surface area contributed by atoms with Crippen molar-refractivity contribution < 1.29 is 19.1 Å². The average molecular weight is 292 g/mol. The molecule has 1 amide bonds. The molecule has 1 aliphatic heterocycles. The number of likely N-dealkylation sites (tertiary alicyclic amines) is 1. The van der Waals surface area contributed by atoms with Crippen LogP contribution in [-0.4, -0.2) is 41.5 Å². The molecule has 6 nitrogen and oxygen atoms in total. The lowest BCUT2D eigenvalue weighted by Crippen LogP contribution is -2.37. The van der Waals surface area contributed by atoms with Crippen molar-refractivity contribution in [2.75, 3.05) is 19.6 Å². The monoisotopic (exact) mass is 292 g/mol. The van der Waals surface area contributed by atoms with Gasteiger partial charge in [0, 0.05) is 6.54 Å². The van der Waals surface area contributed by atoms with Crippen molar-refractivity contribution in [1.29, 1.82) is 0 Å². The lowest BCUT2D eigenvalue weighted by Gasteiger charge is -2.26. The Hall–Kier alpha value is -1.82. The molecule has 1 saturated carbocycles. The number of carbonyl (C=O) groups is 2. The molecule has 3 unspecified atom stereocenters. The van der Waals surface area contributed by atoms with Gasteiger partial charge in [0.15, 0.2) is 0 Å². The Labute approximate surface area is 123 Å². The van der Waals surface area contributed by atoms with Gasteiger partial charge < -0.3 is 14.8 Å². The number of hydrogen-bond acceptors (Lipinski definition) is 4. The number of furan rings is 1. The molecule has 1 aromatic rings. The number of carboxylic acids is 1. The van der Waals surface area contributed by atoms with Crippen LogP contribution >= 0.6 is 0 Å². The Morgan fingerprint density at radius 1 is 1.38 bits per heavy atom. The highest BCUT2D eigenvalue weighted by Crippen LogP contribution is 2.38. The van der Waals surface area contributed by atoms with E-state index in [1.54, 1.807) is 6.26 Å². The highest BCUT2D eigenvalue weighted by Gasteiger charge is 2.48. The molecule has 3 rings (SSSR count). The van der Waals surface area contributed by atoms with E-state index < -0.39 is 11.9 Å². The van der Waals surface area contributed by atoms with Crippen LogP contribution in [0.4, 0.5) is 0 Å². The van der Waals surface area contributed by atoms with E-state index in [-0.39, 0.29) is 17.9 Å². The van der Waals surface area contributed by atoms with Gasteiger partial charge in [0.25, 0.3) is 0 Å². The Morgan fingerprint density at radius 2 is 2.14 bits per heavy atom. The molecule has 1 aliphatic carbocycles. The molecule has 2 heterocycles. The molecule has 6 heteroatoms. The minimum atomic E-state index is -0.878. The van der Waals surface area contributed by atoms with Gasteiger partial charge in [-0.2, -0.15) is 0 Å². The summed E-state index contributed by atoms with van der Waals surface area (Å²) in [6.07, 6.45) is 4.42. The van der Waals surface area contributed by atoms with Crippen LogP contribution in [0.5, 0.6) is 0 Å². The molecule has 1 saturated heterocycles. The van der Waals surface area contributed by atoms with Gasteiger partial charge in [0.1, 0.15) is 5.76 Å². The molecular weight excluding hydrogens is 272 g/mol. The van der Waals surface area contributed by atoms with E-state index in [9.17, 15) is 9.59 Å². The third-order valence-electron chi connectivity index (χ3n) is 4.37. The first-order valence-electron chi connectivity index (χ1n) is 7.45. The van der Waals surface area contributed by atoms with Crippen molar-refractivity contribution in [3.8, 4) is 0 Å². The molecule has 1 aromatic heterocycles. The number of carboxylic acid groups (broad SMARTS) is 1. The molecule has 2 N–H and O–H groups in total. The summed E-state index contributed by atoms with van der Waals surface area (Å²) in [4.78, 5) is 25.1. The van der Waals surface area contributed by atoms with Gasteiger partial charge >= 0.3 is 5.97 Å². The van der Waals surface area contributed by atoms with Crippen LogP contribution < -0.4 is 5.32 Å². The first-order chi connectivity index (χ1) is 10.2. The summed E-state index contributed by atoms with van der Waals surface area (Å²) >= 11 is 0. The van der Waals surface area contributed by atoms with Crippen molar-refractivity contribution in [1.82, 2.24) is 10.2 Å². The van der Waals surface area contributed by atoms with Crippen LogP contribution in [0.1, 0.15) is 31.1 Å². The fraction of sp³-hybridized carbons (Fsp3) is 0.600. The van der Waals surface area contributed by atoms with E-state index >= 15 is 0 Å². The molecule has 3 atom stereocenters. The second kappa shape index (κ2) is 5.89. The van der Waals surface area contributed by atoms with Gasteiger partial charge in [-0.1, -0.05) is 0 Å². The molecule has 0 bridgehead atoms. The van der Waals surface area contributed by atoms with Crippen LogP contribution in [0.25, 0.3) is 0 Å². The molecule has 0 radical (unpaired) electrons. The van der Waals surface area contributed by atoms with Crippen LogP contribution in [0.2, 0.25) is 0 Å². The predicted molar refractivity (Wildman–Crippen MR) is 74.5 cm³/mol. The van der Waals surface area contributed by atoms with Crippen LogP contribution in [0.15, 0.2) is 22.8 Å². The summed E-state index contributed by atoms with van der Waals surface area (Å²) in [6, 6.07) is 3.81. The van der Waals surface area contributed by atoms with Crippen LogP contribution in [0.3, 0.4) is 0 Å². The van der Waals surface area contributed by atoms with Gasteiger partial charge in [-0.05, 0) is 44.5 Å². The molecule has 21 heavy (non-hydrogen) atoms. The zero-order valence-electron chi connectivity index (χ0n) is 11.8. The number of hydrogen-bond donors (Lipinski definition) is 2. The maximum absolute atomic E-state index is 12.0. The van der Waals surface area contributed by atoms with E-state index in [0.717, 1.165) is 31.7 Å². The normalized spacial score (nSPS) is 26.5. The topological polar surface area (TPSA) is 82.8 Å². The summed E-state index contributed by atoms with van der Waals surface area (Å²) in [7, 11) is 0. The summed E-state index contributed by atoms with van der Waals surface area (Å²) in [5.74, 6) is -1.05. The van der Waals surface area contributed by atoms with Crippen molar-refractivity contribution in [3.05, 3.63) is 24.2 Å². The van der Waals surface area contributed by atoms with Gasteiger partial charge in [0.2, 0.25) is 5.91 Å². The summed E-state index contributed by atoms with van der Waals surface area (Å²) in [5, 5.41) is 11.8. The minimum Gasteiger partial charge on any atom is -0.481 e. The fourth-order valence-corrected chi connectivity index (χ4v) is 3.03. The average Bonchev–Trinajstić information content (AvgIpc) is 2.89. The zero-order valence-corrected chi connectivity index (χ0v) is 11.8. The van der Waals surface area contributed by atoms with Crippen LogP contribution in [0, 0.1) is 11.8 Å². The summed E-state index contributed by atoms with van der Waals surface area (Å²) in [6.45, 7) is 2.47. The number of aliphatic carboxylic acids is 1. The molecule has 0 spiro atoms. The van der Waals surface area contributed by atoms with Gasteiger partial charge in [-0.15, -0.1) is 0 Å². The lowest BCUT2D eigenvalue weighted by atomic mass is 10.2. The minimum absolute atomic E-state index is 0.0356. The van der Waals surface area contributed by atoms with Crippen molar-refractivity contribution >= 4 is 11.9 Å². The molecule has 2 aliphatic rings. The van der Waals surface area contributed by atoms with E-state index in [4.69, 9.17) is 9.52 Å². The van der Waals surface area contributed by atoms with E-state index in [1.807, 2.05) is 12.1 Å². The first kappa shape index (κ1) is 14.1. The maximum atomic E-state index is 12.0. The number of carbonyl (C=O) groups excluding carboxylic acids is 1. The number of amides is 1. The van der Waals surface area contributed by atoms with Crippen molar-refractivity contribution in [2.45, 2.75) is 25.3 Å². The van der Waals surface area contributed by atoms with E-state index in [2.05, 4.69) is 10.2 Å². The number of nitrogens with zero attached hydrogens (tertiary/aromatic N) is 1. The Morgan fingerprint density at radius 3 is 2.71 bits per heavy atom. The highest BCUT2D eigenvalue weighted by atomic mass is 16.4. The van der Waals surface area contributed by atoms with Crippen LogP contribution in [-0.2, 0) is 9.59 Å². The van der Waals surface area contributed by atoms with Gasteiger partial charge in [0.05, 0.1) is 24.1 Å². The molecule has 0 aromatic carbocycles. The van der Waals surface area contributed by atoms with E-state index in [0.29, 0.717) is 13.0 Å². The lowest BCUT2D eigenvalue weighted by molar-refractivity contribution is -0.140. The second-order valence-electron chi connectivity index (χ2n) is 5.81. The summed E-state index contributed by atoms with van der Waals surface area (Å²) < 4.78 is 5.49. The van der Waals surface area contributed by atoms with Crippen molar-refractivity contribution in [3.63, 3.8) is 0 Å². The molecule has 2 fully saturated rings. The maximum Gasteiger partial charge on any atom is 0.307 e. The highest BCUT2D eigenvalue weighted by molar-refractivity contribution is 5.89. The summed E-state index contributed by atoms with van der Waals surface area (Å²) in [5.41, 5.74) is 0. The largest absolute Gasteiger partial charge is 0.481 e. The smallest absolute Gasteiger partial charge is 0.307 e. The zero-order chi connectivity index (χ0) is 14.8. The van der Waals surface area contributed by atoms with Crippen molar-refractivity contribution in [2.24, 2.45) is 11.8 Å². The Bertz CT molecular complexity index is 508. The third-order valence-corrected chi connectivity index (χ3v) is 4.37. The predicted octanol–water partition coefficient (Wildman–Crippen LogP) is 1.25. The second-order valence-corrected chi connectivity index (χ2v) is 5.81. The Balaban J connectivity index is 1.58. The molecule has 114 valence electrons. The number of rotatable bonds is 6. The van der Waals surface area contributed by atoms with Gasteiger partial charge in [-0.25, -0.2) is 0 Å². The molecular formula is C15H20N2O4. The fourth-order valence-electron chi connectivity index (χ4n) is 3.03. The standard InChI is InChI=1S/C15H20N2O4/c18-14(10-8-11(10)15(19)20)16-9-12(13-4-3-7-21-13)17-5-1-2-6-17/h3-4,7,10-12H,1-2,5-6,8-9H2,(H,16,18)(H,19,20). The third kappa shape index (κ3) is 3.10. The van der Waals surface area contributed by atoms with E-state index in [1.165, 1.54) is 0 Å². The van der Waals surface area contributed by atoms with Gasteiger partial charge in [-0.3, -0.25) is 14.5 Å².